The summed E-state index contributed by atoms with van der Waals surface area (Å²) in [6.07, 6.45) is 1.56. The molecule has 0 aliphatic carbocycles. The second kappa shape index (κ2) is 11.4. The maximum Gasteiger partial charge on any atom is 0.335 e. The van der Waals surface area contributed by atoms with E-state index in [1.54, 1.807) is 30.3 Å². The van der Waals surface area contributed by atoms with Crippen molar-refractivity contribution < 1.29 is 33.4 Å². The first-order valence-corrected chi connectivity index (χ1v) is 12.3. The van der Waals surface area contributed by atoms with Gasteiger partial charge in [0.25, 0.3) is 5.91 Å². The monoisotopic (exact) mass is 616 g/mol. The molecule has 1 fully saturated rings. The van der Waals surface area contributed by atoms with E-state index in [9.17, 15) is 18.8 Å². The molecule has 37 heavy (non-hydrogen) atoms. The van der Waals surface area contributed by atoms with Crippen LogP contribution in [0.2, 0.25) is 0 Å². The molecule has 0 radical (unpaired) electrons. The van der Waals surface area contributed by atoms with Crippen molar-refractivity contribution >= 4 is 46.6 Å². The summed E-state index contributed by atoms with van der Waals surface area (Å²) in [5.41, 5.74) is 2.33. The van der Waals surface area contributed by atoms with Gasteiger partial charge >= 0.3 is 12.0 Å². The third-order valence-electron chi connectivity index (χ3n) is 5.44. The average molecular weight is 616 g/mol. The highest BCUT2D eigenvalue weighted by molar-refractivity contribution is 14.1. The first kappa shape index (κ1) is 26.1. The SMILES string of the molecule is CCOc1cc(/C=C2/NC(=O)N(Cc3ccc(F)cc3)C2=O)cc(I)c1OCc1ccc(C(=O)O)cc1. The van der Waals surface area contributed by atoms with Crippen LogP contribution in [-0.2, 0) is 17.9 Å². The molecule has 1 aliphatic heterocycles. The number of carbonyl (C=O) groups excluding carboxylic acids is 2. The molecule has 1 aliphatic rings. The number of hydrogen-bond donors (Lipinski definition) is 2. The predicted octanol–water partition coefficient (Wildman–Crippen LogP) is 5.20. The van der Waals surface area contributed by atoms with Gasteiger partial charge < -0.3 is 19.9 Å². The topological polar surface area (TPSA) is 105 Å². The van der Waals surface area contributed by atoms with E-state index in [2.05, 4.69) is 27.9 Å². The second-order valence-electron chi connectivity index (χ2n) is 8.06. The molecule has 0 atom stereocenters. The molecule has 3 aromatic carbocycles. The standard InChI is InChI=1S/C27H22FIN2O6/c1-2-36-23-13-18(11-21(29)24(23)37-15-17-3-7-19(8-4-17)26(33)34)12-22-25(32)31(27(35)30-22)14-16-5-9-20(28)10-6-16/h3-13H,2,14-15H2,1H3,(H,30,35)(H,33,34)/b22-12+. The van der Waals surface area contributed by atoms with Gasteiger partial charge in [-0.25, -0.2) is 14.0 Å². The van der Waals surface area contributed by atoms with Gasteiger partial charge in [0.2, 0.25) is 0 Å². The summed E-state index contributed by atoms with van der Waals surface area (Å²) in [5.74, 6) is -0.923. The molecular formula is C27H22FIN2O6. The summed E-state index contributed by atoms with van der Waals surface area (Å²) in [6, 6.07) is 14.9. The van der Waals surface area contributed by atoms with Crippen LogP contribution in [0.25, 0.3) is 6.08 Å². The van der Waals surface area contributed by atoms with Crippen molar-refractivity contribution in [2.24, 2.45) is 0 Å². The Morgan fingerprint density at radius 1 is 1.05 bits per heavy atom. The summed E-state index contributed by atoms with van der Waals surface area (Å²) in [5, 5.41) is 11.6. The van der Waals surface area contributed by atoms with Crippen LogP contribution in [0.4, 0.5) is 9.18 Å². The maximum absolute atomic E-state index is 13.2. The highest BCUT2D eigenvalue weighted by atomic mass is 127. The maximum atomic E-state index is 13.2. The van der Waals surface area contributed by atoms with Crippen molar-refractivity contribution in [2.45, 2.75) is 20.1 Å². The van der Waals surface area contributed by atoms with E-state index in [1.807, 2.05) is 6.92 Å². The Morgan fingerprint density at radius 3 is 2.38 bits per heavy atom. The quantitative estimate of drug-likeness (QED) is 0.195. The van der Waals surface area contributed by atoms with Crippen molar-refractivity contribution in [3.63, 3.8) is 0 Å². The molecule has 2 N–H and O–H groups in total. The van der Waals surface area contributed by atoms with Crippen molar-refractivity contribution in [2.75, 3.05) is 6.61 Å². The van der Waals surface area contributed by atoms with Crippen LogP contribution in [0.1, 0.15) is 34.0 Å². The van der Waals surface area contributed by atoms with Gasteiger partial charge in [0.15, 0.2) is 11.5 Å². The van der Waals surface area contributed by atoms with Gasteiger partial charge in [-0.3, -0.25) is 9.69 Å². The molecule has 1 heterocycles. The lowest BCUT2D eigenvalue weighted by atomic mass is 10.1. The van der Waals surface area contributed by atoms with Crippen LogP contribution in [0.5, 0.6) is 11.5 Å². The van der Waals surface area contributed by atoms with Crippen molar-refractivity contribution in [1.29, 1.82) is 0 Å². The predicted molar refractivity (Wildman–Crippen MR) is 142 cm³/mol. The third kappa shape index (κ3) is 6.26. The zero-order valence-electron chi connectivity index (χ0n) is 19.7. The minimum absolute atomic E-state index is 0.0181. The number of aromatic carboxylic acids is 1. The molecule has 0 bridgehead atoms. The first-order chi connectivity index (χ1) is 17.7. The molecule has 4 rings (SSSR count). The zero-order valence-corrected chi connectivity index (χ0v) is 21.8. The van der Waals surface area contributed by atoms with E-state index in [0.29, 0.717) is 29.2 Å². The highest BCUT2D eigenvalue weighted by Crippen LogP contribution is 2.36. The van der Waals surface area contributed by atoms with Gasteiger partial charge in [0, 0.05) is 0 Å². The molecule has 3 aromatic rings. The summed E-state index contributed by atoms with van der Waals surface area (Å²) in [4.78, 5) is 37.4. The van der Waals surface area contributed by atoms with Gasteiger partial charge in [-0.05, 0) is 88.7 Å². The Bertz CT molecular complexity index is 1370. The molecule has 190 valence electrons. The van der Waals surface area contributed by atoms with Crippen molar-refractivity contribution in [3.8, 4) is 11.5 Å². The smallest absolute Gasteiger partial charge is 0.335 e. The number of benzene rings is 3. The minimum Gasteiger partial charge on any atom is -0.490 e. The van der Waals surface area contributed by atoms with Gasteiger partial charge in [-0.2, -0.15) is 0 Å². The molecule has 0 saturated carbocycles. The van der Waals surface area contributed by atoms with Crippen LogP contribution in [0.3, 0.4) is 0 Å². The fourth-order valence-electron chi connectivity index (χ4n) is 3.63. The second-order valence-corrected chi connectivity index (χ2v) is 9.22. The Morgan fingerprint density at radius 2 is 1.73 bits per heavy atom. The number of carboxylic acid groups (broad SMARTS) is 1. The van der Waals surface area contributed by atoms with Gasteiger partial charge in [-0.1, -0.05) is 24.3 Å². The van der Waals surface area contributed by atoms with E-state index in [4.69, 9.17) is 14.6 Å². The van der Waals surface area contributed by atoms with Crippen molar-refractivity contribution in [1.82, 2.24) is 10.2 Å². The van der Waals surface area contributed by atoms with Crippen LogP contribution in [-0.4, -0.2) is 34.5 Å². The summed E-state index contributed by atoms with van der Waals surface area (Å²) in [6.45, 7) is 2.43. The number of urea groups is 1. The molecule has 1 saturated heterocycles. The number of hydrogen-bond acceptors (Lipinski definition) is 5. The van der Waals surface area contributed by atoms with Gasteiger partial charge in [0.05, 0.1) is 22.3 Å². The lowest BCUT2D eigenvalue weighted by molar-refractivity contribution is -0.123. The summed E-state index contributed by atoms with van der Waals surface area (Å²) >= 11 is 2.10. The minimum atomic E-state index is -0.999. The van der Waals surface area contributed by atoms with Crippen LogP contribution in [0, 0.1) is 9.39 Å². The Hall–Kier alpha value is -3.93. The van der Waals surface area contributed by atoms with E-state index in [1.165, 1.54) is 36.4 Å². The Labute approximate surface area is 225 Å². The van der Waals surface area contributed by atoms with Gasteiger partial charge in [0.1, 0.15) is 18.1 Å². The molecule has 0 spiro atoms. The Balaban J connectivity index is 1.52. The molecule has 8 nitrogen and oxygen atoms in total. The number of nitrogens with one attached hydrogen (secondary N) is 1. The fraction of sp³-hybridized carbons (Fsp3) is 0.148. The number of imide groups is 1. The fourth-order valence-corrected chi connectivity index (χ4v) is 4.41. The van der Waals surface area contributed by atoms with Crippen molar-refractivity contribution in [3.05, 3.63) is 98.0 Å². The number of carboxylic acids is 1. The molecule has 3 amide bonds. The Kier molecular flexibility index (Phi) is 8.07. The first-order valence-electron chi connectivity index (χ1n) is 11.3. The number of ether oxygens (including phenoxy) is 2. The number of carbonyl (C=O) groups is 3. The van der Waals surface area contributed by atoms with E-state index >= 15 is 0 Å². The summed E-state index contributed by atoms with van der Waals surface area (Å²) in [7, 11) is 0. The normalized spacial score (nSPS) is 14.1. The third-order valence-corrected chi connectivity index (χ3v) is 6.24. The van der Waals surface area contributed by atoms with Crippen LogP contribution < -0.4 is 14.8 Å². The molecule has 0 unspecified atom stereocenters. The number of nitrogens with zero attached hydrogens (tertiary/aromatic N) is 1. The molecule has 0 aromatic heterocycles. The lowest BCUT2D eigenvalue weighted by Crippen LogP contribution is -2.30. The number of halogens is 2. The van der Waals surface area contributed by atoms with E-state index in [-0.39, 0.29) is 24.4 Å². The molecule has 10 heteroatoms. The van der Waals surface area contributed by atoms with E-state index < -0.39 is 23.7 Å². The number of amides is 3. The van der Waals surface area contributed by atoms with Crippen LogP contribution in [0.15, 0.2) is 66.4 Å². The largest absolute Gasteiger partial charge is 0.490 e. The average Bonchev–Trinajstić information content (AvgIpc) is 3.12. The number of rotatable bonds is 9. The molecular weight excluding hydrogens is 594 g/mol. The summed E-state index contributed by atoms with van der Waals surface area (Å²) < 4.78 is 25.7. The highest BCUT2D eigenvalue weighted by Gasteiger charge is 2.33. The van der Waals surface area contributed by atoms with E-state index in [0.717, 1.165) is 14.0 Å². The van der Waals surface area contributed by atoms with Crippen LogP contribution >= 0.6 is 22.6 Å². The lowest BCUT2D eigenvalue weighted by Gasteiger charge is -2.15. The van der Waals surface area contributed by atoms with Gasteiger partial charge in [-0.15, -0.1) is 0 Å². The zero-order chi connectivity index (χ0) is 26.5.